The lowest BCUT2D eigenvalue weighted by molar-refractivity contribution is -0.144. The number of nitrogens with one attached hydrogen (secondary N) is 2. The average Bonchev–Trinajstić information content (AvgIpc) is 3.34. The van der Waals surface area contributed by atoms with Crippen LogP contribution in [-0.2, 0) is 27.8 Å². The van der Waals surface area contributed by atoms with E-state index < -0.39 is 28.6 Å². The summed E-state index contributed by atoms with van der Waals surface area (Å²) in [7, 11) is 1.07. The Hall–Kier alpha value is -3.69. The number of aryl methyl sites for hydroxylation is 1. The molecule has 42 heavy (non-hydrogen) atoms. The van der Waals surface area contributed by atoms with Gasteiger partial charge in [-0.05, 0) is 69.4 Å². The number of aromatic nitrogens is 3. The predicted octanol–water partition coefficient (Wildman–Crippen LogP) is 2.56. The summed E-state index contributed by atoms with van der Waals surface area (Å²) in [6.45, 7) is 0.398. The first kappa shape index (κ1) is 32.8. The van der Waals surface area contributed by atoms with Crippen LogP contribution in [0.15, 0.2) is 66.0 Å². The van der Waals surface area contributed by atoms with Crippen LogP contribution in [0.4, 0.5) is 11.5 Å². The number of aliphatic hydroxyl groups excluding tert-OH is 1. The van der Waals surface area contributed by atoms with Gasteiger partial charge in [-0.1, -0.05) is 18.2 Å². The number of methoxy groups -OCH3 is 1. The van der Waals surface area contributed by atoms with E-state index in [0.717, 1.165) is 18.5 Å². The molecule has 0 bridgehead atoms. The second kappa shape index (κ2) is 14.5. The smallest absolute Gasteiger partial charge is 0.323 e. The normalized spacial score (nSPS) is 12.2. The summed E-state index contributed by atoms with van der Waals surface area (Å²) in [5, 5.41) is 26.0. The molecule has 0 fully saturated rings. The van der Waals surface area contributed by atoms with E-state index in [2.05, 4.69) is 20.6 Å². The fourth-order valence-corrected chi connectivity index (χ4v) is 6.00. The molecule has 0 aliphatic carbocycles. The first-order chi connectivity index (χ1) is 19.7. The number of ether oxygens (including phenoxy) is 1. The molecule has 0 aliphatic rings. The van der Waals surface area contributed by atoms with Crippen molar-refractivity contribution in [2.24, 2.45) is 0 Å². The number of carboxylic acids is 1. The summed E-state index contributed by atoms with van der Waals surface area (Å²) in [4.78, 5) is 22.0. The molecule has 12 nitrogen and oxygen atoms in total. The zero-order valence-corrected chi connectivity index (χ0v) is 25.4. The monoisotopic (exact) mass is 616 g/mol. The molecule has 0 amide bonds. The fraction of sp³-hybridized carbons (Fsp3) is 0.321. The van der Waals surface area contributed by atoms with Crippen molar-refractivity contribution < 1.29 is 28.2 Å². The standard InChI is InChI=1S/C28H34N6O6S.H2S/c1-29-13-7-8-19-16-34(41(38,39)22-9-5-4-6-10-22)27-25(19)26(30-18-31-27)32-21-11-12-24(40-3)20(14-21)15-33(2)23(17-35)28(36)37;/h4-6,9-12,14,16,18,23,29,35H,7-8,13,15,17H2,1-3H3,(H,36,37)(H,30,31,32);1H2. The molecule has 0 saturated heterocycles. The third kappa shape index (κ3) is 7.02. The minimum absolute atomic E-state index is 0. The Morgan fingerprint density at radius 3 is 2.52 bits per heavy atom. The van der Waals surface area contributed by atoms with Gasteiger partial charge in [0.25, 0.3) is 10.0 Å². The lowest BCUT2D eigenvalue weighted by atomic mass is 10.1. The molecule has 0 radical (unpaired) electrons. The van der Waals surface area contributed by atoms with Crippen LogP contribution in [-0.4, -0.2) is 83.8 Å². The first-order valence-electron chi connectivity index (χ1n) is 13.0. The number of aliphatic carboxylic acids is 1. The van der Waals surface area contributed by atoms with Gasteiger partial charge in [0.2, 0.25) is 0 Å². The van der Waals surface area contributed by atoms with Gasteiger partial charge in [0.05, 0.1) is 24.0 Å². The van der Waals surface area contributed by atoms with Crippen LogP contribution in [0.5, 0.6) is 5.75 Å². The van der Waals surface area contributed by atoms with Crippen LogP contribution in [0.3, 0.4) is 0 Å². The van der Waals surface area contributed by atoms with Gasteiger partial charge in [-0.2, -0.15) is 13.5 Å². The Labute approximate surface area is 251 Å². The molecule has 0 spiro atoms. The van der Waals surface area contributed by atoms with Crippen molar-refractivity contribution in [1.29, 1.82) is 0 Å². The van der Waals surface area contributed by atoms with Crippen molar-refractivity contribution in [1.82, 2.24) is 24.2 Å². The number of hydrogen-bond donors (Lipinski definition) is 4. The number of carboxylic acid groups (broad SMARTS) is 1. The van der Waals surface area contributed by atoms with Crippen LogP contribution >= 0.6 is 13.5 Å². The van der Waals surface area contributed by atoms with E-state index in [1.807, 2.05) is 7.05 Å². The molecular formula is C28H36N6O6S2. The van der Waals surface area contributed by atoms with Gasteiger partial charge < -0.3 is 25.6 Å². The number of carbonyl (C=O) groups is 1. The Morgan fingerprint density at radius 1 is 1.14 bits per heavy atom. The van der Waals surface area contributed by atoms with Crippen LogP contribution in [0.25, 0.3) is 11.0 Å². The zero-order valence-electron chi connectivity index (χ0n) is 23.6. The van der Waals surface area contributed by atoms with Gasteiger partial charge in [-0.15, -0.1) is 0 Å². The molecule has 226 valence electrons. The van der Waals surface area contributed by atoms with Gasteiger partial charge >= 0.3 is 5.97 Å². The third-order valence-electron chi connectivity index (χ3n) is 6.76. The number of anilines is 2. The number of aliphatic hydroxyl groups is 1. The van der Waals surface area contributed by atoms with E-state index >= 15 is 0 Å². The third-order valence-corrected chi connectivity index (χ3v) is 8.42. The number of hydrogen-bond acceptors (Lipinski definition) is 10. The molecule has 2 aromatic carbocycles. The molecule has 0 saturated carbocycles. The number of rotatable bonds is 14. The largest absolute Gasteiger partial charge is 0.496 e. The van der Waals surface area contributed by atoms with Crippen molar-refractivity contribution in [3.8, 4) is 5.75 Å². The number of nitrogens with zero attached hydrogens (tertiary/aromatic N) is 4. The highest BCUT2D eigenvalue weighted by molar-refractivity contribution is 7.90. The molecule has 4 N–H and O–H groups in total. The zero-order chi connectivity index (χ0) is 29.6. The van der Waals surface area contributed by atoms with Crippen molar-refractivity contribution in [3.05, 3.63) is 72.2 Å². The predicted molar refractivity (Wildman–Crippen MR) is 165 cm³/mol. The maximum atomic E-state index is 13.6. The van der Waals surface area contributed by atoms with E-state index in [9.17, 15) is 23.4 Å². The van der Waals surface area contributed by atoms with Crippen LogP contribution in [0.2, 0.25) is 0 Å². The van der Waals surface area contributed by atoms with Crippen molar-refractivity contribution in [2.45, 2.75) is 30.3 Å². The summed E-state index contributed by atoms with van der Waals surface area (Å²) in [6, 6.07) is 12.5. The van der Waals surface area contributed by atoms with Gasteiger partial charge in [0.15, 0.2) is 5.65 Å². The quantitative estimate of drug-likeness (QED) is 0.154. The van der Waals surface area contributed by atoms with E-state index in [4.69, 9.17) is 4.74 Å². The number of fused-ring (bicyclic) bond motifs is 1. The van der Waals surface area contributed by atoms with Crippen LogP contribution in [0.1, 0.15) is 17.5 Å². The van der Waals surface area contributed by atoms with Crippen LogP contribution in [0, 0.1) is 0 Å². The van der Waals surface area contributed by atoms with Crippen LogP contribution < -0.4 is 15.4 Å². The molecule has 4 rings (SSSR count). The molecule has 1 unspecified atom stereocenters. The van der Waals surface area contributed by atoms with E-state index in [0.29, 0.717) is 34.6 Å². The average molecular weight is 617 g/mol. The Kier molecular flexibility index (Phi) is 11.3. The van der Waals surface area contributed by atoms with Gasteiger partial charge in [-0.3, -0.25) is 9.69 Å². The summed E-state index contributed by atoms with van der Waals surface area (Å²) >= 11 is 0. The molecule has 14 heteroatoms. The fourth-order valence-electron chi connectivity index (χ4n) is 4.64. The van der Waals surface area contributed by atoms with Crippen molar-refractivity contribution >= 4 is 52.0 Å². The second-order valence-corrected chi connectivity index (χ2v) is 11.3. The van der Waals surface area contributed by atoms with Gasteiger partial charge in [0, 0.05) is 24.0 Å². The molecule has 2 heterocycles. The Morgan fingerprint density at radius 2 is 1.88 bits per heavy atom. The van der Waals surface area contributed by atoms with Crippen molar-refractivity contribution in [2.75, 3.05) is 39.7 Å². The number of benzene rings is 2. The molecule has 4 aromatic rings. The summed E-state index contributed by atoms with van der Waals surface area (Å²) in [5.74, 6) is -0.155. The van der Waals surface area contributed by atoms with Crippen molar-refractivity contribution in [3.63, 3.8) is 0 Å². The van der Waals surface area contributed by atoms with E-state index in [1.54, 1.807) is 61.8 Å². The Balaban J connectivity index is 0.00000484. The lowest BCUT2D eigenvalue weighted by Gasteiger charge is -2.24. The van der Waals surface area contributed by atoms with Gasteiger partial charge in [0.1, 0.15) is 23.9 Å². The topological polar surface area (TPSA) is 159 Å². The minimum Gasteiger partial charge on any atom is -0.496 e. The number of likely N-dealkylation sites (N-methyl/N-ethyl adjacent to an activating group) is 1. The summed E-state index contributed by atoms with van der Waals surface area (Å²) in [5.41, 5.74) is 2.35. The summed E-state index contributed by atoms with van der Waals surface area (Å²) < 4.78 is 33.9. The minimum atomic E-state index is -3.92. The summed E-state index contributed by atoms with van der Waals surface area (Å²) in [6.07, 6.45) is 4.28. The van der Waals surface area contributed by atoms with E-state index in [-0.39, 0.29) is 30.6 Å². The highest BCUT2D eigenvalue weighted by Crippen LogP contribution is 2.33. The highest BCUT2D eigenvalue weighted by Gasteiger charge is 2.25. The Bertz CT molecular complexity index is 1610. The first-order valence-corrected chi connectivity index (χ1v) is 14.4. The van der Waals surface area contributed by atoms with Gasteiger partial charge in [-0.25, -0.2) is 22.4 Å². The molecule has 0 aliphatic heterocycles. The maximum Gasteiger partial charge on any atom is 0.323 e. The molecular weight excluding hydrogens is 580 g/mol. The highest BCUT2D eigenvalue weighted by atomic mass is 32.2. The van der Waals surface area contributed by atoms with E-state index in [1.165, 1.54) is 22.3 Å². The lowest BCUT2D eigenvalue weighted by Crippen LogP contribution is -2.40. The second-order valence-electron chi connectivity index (χ2n) is 9.50. The molecule has 2 aromatic heterocycles. The maximum absolute atomic E-state index is 13.6. The SMILES string of the molecule is CNCCCc1cn(S(=O)(=O)c2ccccc2)c2ncnc(Nc3ccc(OC)c(CN(C)C(CO)C(=O)O)c3)c12.S. The molecule has 1 atom stereocenters.